The summed E-state index contributed by atoms with van der Waals surface area (Å²) in [6, 6.07) is 6.39. The largest absolute Gasteiger partial charge is 0.496 e. The van der Waals surface area contributed by atoms with E-state index in [1.165, 1.54) is 19.4 Å². The number of rotatable bonds is 3. The van der Waals surface area contributed by atoms with Crippen molar-refractivity contribution >= 4 is 16.9 Å². The number of methoxy groups -OCH3 is 1. The minimum atomic E-state index is -0.547. The van der Waals surface area contributed by atoms with E-state index in [0.29, 0.717) is 33.5 Å². The molecule has 2 heterocycles. The van der Waals surface area contributed by atoms with Crippen molar-refractivity contribution in [2.45, 2.75) is 0 Å². The summed E-state index contributed by atoms with van der Waals surface area (Å²) in [5.74, 6) is -0.523. The SMILES string of the molecule is COc1cccc(F)c1-c1cnc2c(C(N)=O)cn(C)c2c1. The van der Waals surface area contributed by atoms with Gasteiger partial charge in [0.15, 0.2) is 0 Å². The zero-order chi connectivity index (χ0) is 15.9. The van der Waals surface area contributed by atoms with E-state index in [-0.39, 0.29) is 0 Å². The van der Waals surface area contributed by atoms with Crippen molar-refractivity contribution in [3.8, 4) is 16.9 Å². The number of amides is 1. The molecule has 112 valence electrons. The Labute approximate surface area is 126 Å². The Balaban J connectivity index is 2.27. The first-order chi connectivity index (χ1) is 10.5. The van der Waals surface area contributed by atoms with Crippen LogP contribution in [0.15, 0.2) is 36.7 Å². The molecule has 0 aliphatic rings. The van der Waals surface area contributed by atoms with Crippen LogP contribution in [0.5, 0.6) is 5.75 Å². The summed E-state index contributed by atoms with van der Waals surface area (Å²) in [6.07, 6.45) is 3.12. The molecule has 0 radical (unpaired) electrons. The Hall–Kier alpha value is -2.89. The van der Waals surface area contributed by atoms with Crippen LogP contribution >= 0.6 is 0 Å². The van der Waals surface area contributed by atoms with Crippen LogP contribution in [0.1, 0.15) is 10.4 Å². The van der Waals surface area contributed by atoms with Crippen LogP contribution in [-0.4, -0.2) is 22.6 Å². The fourth-order valence-electron chi connectivity index (χ4n) is 2.53. The zero-order valence-electron chi connectivity index (χ0n) is 12.1. The molecular formula is C16H14FN3O2. The Morgan fingerprint density at radius 2 is 2.18 bits per heavy atom. The Morgan fingerprint density at radius 3 is 2.86 bits per heavy atom. The first-order valence-corrected chi connectivity index (χ1v) is 6.60. The molecule has 1 aromatic carbocycles. The second-order valence-electron chi connectivity index (χ2n) is 4.93. The summed E-state index contributed by atoms with van der Waals surface area (Å²) in [4.78, 5) is 15.7. The second kappa shape index (κ2) is 5.14. The molecule has 0 aliphatic carbocycles. The maximum absolute atomic E-state index is 14.2. The average molecular weight is 299 g/mol. The molecule has 2 N–H and O–H groups in total. The van der Waals surface area contributed by atoms with Gasteiger partial charge in [-0.3, -0.25) is 9.78 Å². The molecule has 0 bridgehead atoms. The van der Waals surface area contributed by atoms with Crippen LogP contribution in [0.2, 0.25) is 0 Å². The minimum absolute atomic E-state index is 0.334. The molecule has 0 fully saturated rings. The number of pyridine rings is 1. The number of fused-ring (bicyclic) bond motifs is 1. The molecule has 0 unspecified atom stereocenters. The predicted molar refractivity (Wildman–Crippen MR) is 81.2 cm³/mol. The summed E-state index contributed by atoms with van der Waals surface area (Å²) in [7, 11) is 3.26. The van der Waals surface area contributed by atoms with Gasteiger partial charge in [0.25, 0.3) is 5.91 Å². The van der Waals surface area contributed by atoms with Gasteiger partial charge in [-0.15, -0.1) is 0 Å². The number of aryl methyl sites for hydroxylation is 1. The van der Waals surface area contributed by atoms with E-state index in [4.69, 9.17) is 10.5 Å². The summed E-state index contributed by atoms with van der Waals surface area (Å²) in [5, 5.41) is 0. The summed E-state index contributed by atoms with van der Waals surface area (Å²) in [5.41, 5.74) is 7.77. The molecule has 6 heteroatoms. The predicted octanol–water partition coefficient (Wildman–Crippen LogP) is 2.49. The van der Waals surface area contributed by atoms with E-state index in [1.807, 2.05) is 0 Å². The topological polar surface area (TPSA) is 70.1 Å². The van der Waals surface area contributed by atoms with Crippen LogP contribution in [0.3, 0.4) is 0 Å². The second-order valence-corrected chi connectivity index (χ2v) is 4.93. The quantitative estimate of drug-likeness (QED) is 0.807. The van der Waals surface area contributed by atoms with Crippen molar-refractivity contribution in [3.63, 3.8) is 0 Å². The highest BCUT2D eigenvalue weighted by molar-refractivity contribution is 6.05. The van der Waals surface area contributed by atoms with Crippen molar-refractivity contribution in [2.24, 2.45) is 12.8 Å². The first kappa shape index (κ1) is 14.1. The van der Waals surface area contributed by atoms with Gasteiger partial charge in [0, 0.05) is 25.0 Å². The molecule has 0 saturated heterocycles. The molecule has 1 amide bonds. The van der Waals surface area contributed by atoms with Crippen molar-refractivity contribution in [3.05, 3.63) is 48.0 Å². The Bertz CT molecular complexity index is 886. The van der Waals surface area contributed by atoms with Crippen LogP contribution in [0, 0.1) is 5.82 Å². The molecule has 2 aromatic heterocycles. The number of benzene rings is 1. The normalized spacial score (nSPS) is 10.9. The number of carbonyl (C=O) groups is 1. The van der Waals surface area contributed by atoms with Gasteiger partial charge in [-0.2, -0.15) is 0 Å². The fourth-order valence-corrected chi connectivity index (χ4v) is 2.53. The van der Waals surface area contributed by atoms with Gasteiger partial charge in [-0.25, -0.2) is 4.39 Å². The monoisotopic (exact) mass is 299 g/mol. The number of hydrogen-bond acceptors (Lipinski definition) is 3. The number of hydrogen-bond donors (Lipinski definition) is 1. The van der Waals surface area contributed by atoms with Gasteiger partial charge >= 0.3 is 0 Å². The van der Waals surface area contributed by atoms with Gasteiger partial charge in [-0.1, -0.05) is 6.07 Å². The van der Waals surface area contributed by atoms with Gasteiger partial charge in [0.05, 0.1) is 23.8 Å². The van der Waals surface area contributed by atoms with Crippen LogP contribution in [0.4, 0.5) is 4.39 Å². The van der Waals surface area contributed by atoms with E-state index >= 15 is 0 Å². The van der Waals surface area contributed by atoms with Crippen LogP contribution < -0.4 is 10.5 Å². The highest BCUT2D eigenvalue weighted by Gasteiger charge is 2.16. The van der Waals surface area contributed by atoms with Crippen molar-refractivity contribution in [1.82, 2.24) is 9.55 Å². The molecule has 0 saturated carbocycles. The lowest BCUT2D eigenvalue weighted by Crippen LogP contribution is -2.10. The fraction of sp³-hybridized carbons (Fsp3) is 0.125. The van der Waals surface area contributed by atoms with Crippen LogP contribution in [0.25, 0.3) is 22.2 Å². The maximum atomic E-state index is 14.2. The number of aromatic nitrogens is 2. The minimum Gasteiger partial charge on any atom is -0.496 e. The summed E-state index contributed by atoms with van der Waals surface area (Å²) in [6.45, 7) is 0. The number of nitrogens with zero attached hydrogens (tertiary/aromatic N) is 2. The first-order valence-electron chi connectivity index (χ1n) is 6.60. The van der Waals surface area contributed by atoms with E-state index in [0.717, 1.165) is 0 Å². The summed E-state index contributed by atoms with van der Waals surface area (Å²) < 4.78 is 21.1. The number of ether oxygens (including phenoxy) is 1. The van der Waals surface area contributed by atoms with E-state index < -0.39 is 11.7 Å². The molecule has 0 atom stereocenters. The highest BCUT2D eigenvalue weighted by atomic mass is 19.1. The molecule has 3 aromatic rings. The Kier molecular flexibility index (Phi) is 3.29. The lowest BCUT2D eigenvalue weighted by Gasteiger charge is -2.10. The average Bonchev–Trinajstić information content (AvgIpc) is 2.84. The summed E-state index contributed by atoms with van der Waals surface area (Å²) >= 11 is 0. The molecule has 3 rings (SSSR count). The number of primary amides is 1. The lowest BCUT2D eigenvalue weighted by molar-refractivity contribution is 0.100. The highest BCUT2D eigenvalue weighted by Crippen LogP contribution is 2.34. The molecule has 0 aliphatic heterocycles. The van der Waals surface area contributed by atoms with Crippen molar-refractivity contribution in [1.29, 1.82) is 0 Å². The Morgan fingerprint density at radius 1 is 1.41 bits per heavy atom. The standard InChI is InChI=1S/C16H14FN3O2/c1-20-8-10(16(18)21)15-12(20)6-9(7-19-15)14-11(17)4-3-5-13(14)22-2/h3-8H,1-2H3,(H2,18,21). The number of carbonyl (C=O) groups excluding carboxylic acids is 1. The van der Waals surface area contributed by atoms with E-state index in [2.05, 4.69) is 4.98 Å². The smallest absolute Gasteiger partial charge is 0.252 e. The van der Waals surface area contributed by atoms with Crippen molar-refractivity contribution in [2.75, 3.05) is 7.11 Å². The van der Waals surface area contributed by atoms with E-state index in [1.54, 1.807) is 36.0 Å². The van der Waals surface area contributed by atoms with Gasteiger partial charge in [-0.05, 0) is 18.2 Å². The third kappa shape index (κ3) is 2.09. The zero-order valence-corrected chi connectivity index (χ0v) is 12.1. The van der Waals surface area contributed by atoms with Crippen LogP contribution in [-0.2, 0) is 7.05 Å². The van der Waals surface area contributed by atoms with Gasteiger partial charge in [0.1, 0.15) is 17.1 Å². The molecular weight excluding hydrogens is 285 g/mol. The molecule has 5 nitrogen and oxygen atoms in total. The number of nitrogens with two attached hydrogens (primary N) is 1. The third-order valence-electron chi connectivity index (χ3n) is 3.57. The molecule has 22 heavy (non-hydrogen) atoms. The van der Waals surface area contributed by atoms with Crippen molar-refractivity contribution < 1.29 is 13.9 Å². The lowest BCUT2D eigenvalue weighted by atomic mass is 10.1. The van der Waals surface area contributed by atoms with Gasteiger partial charge in [0.2, 0.25) is 0 Å². The third-order valence-corrected chi connectivity index (χ3v) is 3.57. The van der Waals surface area contributed by atoms with E-state index in [9.17, 15) is 9.18 Å². The maximum Gasteiger partial charge on any atom is 0.252 e. The molecule has 0 spiro atoms. The van der Waals surface area contributed by atoms with Gasteiger partial charge < -0.3 is 15.0 Å². The number of halogens is 1.